The summed E-state index contributed by atoms with van der Waals surface area (Å²) in [6.07, 6.45) is 6.26. The predicted molar refractivity (Wildman–Crippen MR) is 109 cm³/mol. The molecular weight excluding hydrogens is 374 g/mol. The Morgan fingerprint density at radius 3 is 2.79 bits per heavy atom. The maximum atomic E-state index is 11.6. The molecule has 1 N–H and O–H groups in total. The van der Waals surface area contributed by atoms with Crippen LogP contribution in [0.4, 0.5) is 0 Å². The summed E-state index contributed by atoms with van der Waals surface area (Å²) in [4.78, 5) is 4.31. The van der Waals surface area contributed by atoms with Crippen LogP contribution in [-0.2, 0) is 22.9 Å². The van der Waals surface area contributed by atoms with Crippen LogP contribution in [0.1, 0.15) is 17.7 Å². The minimum atomic E-state index is -2.85. The molecule has 0 unspecified atom stereocenters. The summed E-state index contributed by atoms with van der Waals surface area (Å²) in [5, 5.41) is 7.92. The van der Waals surface area contributed by atoms with Crippen LogP contribution in [0.15, 0.2) is 49.1 Å². The van der Waals surface area contributed by atoms with E-state index < -0.39 is 9.84 Å². The molecule has 3 heterocycles. The molecule has 0 radical (unpaired) electrons. The lowest BCUT2D eigenvalue weighted by Gasteiger charge is -2.13. The molecule has 28 heavy (non-hydrogen) atoms. The number of aromatic nitrogens is 4. The van der Waals surface area contributed by atoms with Gasteiger partial charge < -0.3 is 9.88 Å². The highest BCUT2D eigenvalue weighted by molar-refractivity contribution is 7.91. The van der Waals surface area contributed by atoms with E-state index in [1.165, 1.54) is 5.56 Å². The fourth-order valence-corrected chi connectivity index (χ4v) is 5.39. The zero-order valence-electron chi connectivity index (χ0n) is 16.0. The van der Waals surface area contributed by atoms with Crippen LogP contribution in [0.5, 0.6) is 0 Å². The average molecular weight is 400 g/mol. The van der Waals surface area contributed by atoms with Crippen LogP contribution in [0, 0.1) is 6.92 Å². The summed E-state index contributed by atoms with van der Waals surface area (Å²) in [5.74, 6) is 0.538. The van der Waals surface area contributed by atoms with E-state index in [1.54, 1.807) is 0 Å². The average Bonchev–Trinajstić information content (AvgIpc) is 3.36. The summed E-state index contributed by atoms with van der Waals surface area (Å²) in [6, 6.07) is 10.3. The first-order valence-corrected chi connectivity index (χ1v) is 11.3. The molecule has 0 spiro atoms. The van der Waals surface area contributed by atoms with Gasteiger partial charge in [-0.3, -0.25) is 4.68 Å². The Morgan fingerprint density at radius 1 is 1.21 bits per heavy atom. The van der Waals surface area contributed by atoms with Gasteiger partial charge in [-0.2, -0.15) is 5.10 Å². The second kappa shape index (κ2) is 7.89. The summed E-state index contributed by atoms with van der Waals surface area (Å²) in [5.41, 5.74) is 4.40. The van der Waals surface area contributed by atoms with Crippen LogP contribution in [0.2, 0.25) is 0 Å². The van der Waals surface area contributed by atoms with Crippen molar-refractivity contribution in [2.24, 2.45) is 0 Å². The summed E-state index contributed by atoms with van der Waals surface area (Å²) in [7, 11) is -2.85. The van der Waals surface area contributed by atoms with Crippen molar-refractivity contribution in [3.8, 4) is 11.3 Å². The van der Waals surface area contributed by atoms with E-state index in [4.69, 9.17) is 0 Å². The van der Waals surface area contributed by atoms with Crippen molar-refractivity contribution in [2.75, 3.05) is 18.1 Å². The fourth-order valence-electron chi connectivity index (χ4n) is 3.68. The van der Waals surface area contributed by atoms with Gasteiger partial charge in [-0.05, 0) is 18.9 Å². The third-order valence-corrected chi connectivity index (χ3v) is 7.05. The minimum Gasteiger partial charge on any atom is -0.329 e. The largest absolute Gasteiger partial charge is 0.329 e. The summed E-state index contributed by atoms with van der Waals surface area (Å²) in [6.45, 7) is 4.25. The summed E-state index contributed by atoms with van der Waals surface area (Å²) >= 11 is 0. The molecule has 0 bridgehead atoms. The van der Waals surface area contributed by atoms with Crippen molar-refractivity contribution >= 4 is 9.84 Å². The zero-order chi connectivity index (χ0) is 19.6. The van der Waals surface area contributed by atoms with Crippen molar-refractivity contribution in [3.63, 3.8) is 0 Å². The maximum absolute atomic E-state index is 11.6. The van der Waals surface area contributed by atoms with Gasteiger partial charge in [0.2, 0.25) is 0 Å². The molecule has 4 rings (SSSR count). The number of hydrogen-bond donors (Lipinski definition) is 1. The van der Waals surface area contributed by atoms with Gasteiger partial charge in [0.05, 0.1) is 42.5 Å². The highest BCUT2D eigenvalue weighted by Gasteiger charge is 2.27. The van der Waals surface area contributed by atoms with Crippen molar-refractivity contribution < 1.29 is 8.42 Å². The lowest BCUT2D eigenvalue weighted by molar-refractivity contribution is 0.521. The summed E-state index contributed by atoms with van der Waals surface area (Å²) < 4.78 is 27.3. The standard InChI is InChI=1S/C20H25N5O2S/c1-16-19(11-23-25(16)13-17-5-3-2-4-6-17)20-12-21-15-24(20)9-8-22-18-7-10-28(26,27)14-18/h2-6,11-12,15,18,22H,7-10,13-14H2,1H3/t18-/m0/s1. The van der Waals surface area contributed by atoms with E-state index in [9.17, 15) is 8.42 Å². The third-order valence-electron chi connectivity index (χ3n) is 5.28. The van der Waals surface area contributed by atoms with Crippen LogP contribution in [0.3, 0.4) is 0 Å². The molecule has 1 saturated heterocycles. The number of benzene rings is 1. The highest BCUT2D eigenvalue weighted by Crippen LogP contribution is 2.23. The minimum absolute atomic E-state index is 0.0623. The first-order valence-electron chi connectivity index (χ1n) is 9.52. The second-order valence-corrected chi connectivity index (χ2v) is 9.54. The molecule has 2 aromatic heterocycles. The SMILES string of the molecule is Cc1c(-c2cncn2CCN[C@H]2CCS(=O)(=O)C2)cnn1Cc1ccccc1. The molecular formula is C20H25N5O2S. The van der Waals surface area contributed by atoms with Crippen LogP contribution >= 0.6 is 0 Å². The van der Waals surface area contributed by atoms with Gasteiger partial charge in [0, 0.05) is 30.4 Å². The first-order chi connectivity index (χ1) is 13.5. The van der Waals surface area contributed by atoms with Gasteiger partial charge in [0.25, 0.3) is 0 Å². The van der Waals surface area contributed by atoms with Gasteiger partial charge in [0.1, 0.15) is 0 Å². The fraction of sp³-hybridized carbons (Fsp3) is 0.400. The first kappa shape index (κ1) is 18.9. The Balaban J connectivity index is 1.42. The van der Waals surface area contributed by atoms with Gasteiger partial charge in [-0.1, -0.05) is 30.3 Å². The quantitative estimate of drug-likeness (QED) is 0.656. The Hall–Kier alpha value is -2.45. The number of sulfone groups is 1. The lowest BCUT2D eigenvalue weighted by atomic mass is 10.2. The Morgan fingerprint density at radius 2 is 2.04 bits per heavy atom. The molecule has 0 saturated carbocycles. The predicted octanol–water partition coefficient (Wildman–Crippen LogP) is 1.88. The Kier molecular flexibility index (Phi) is 5.32. The highest BCUT2D eigenvalue weighted by atomic mass is 32.2. The number of hydrogen-bond acceptors (Lipinski definition) is 5. The molecule has 0 amide bonds. The number of imidazole rings is 1. The van der Waals surface area contributed by atoms with Gasteiger partial charge >= 0.3 is 0 Å². The molecule has 1 aliphatic rings. The second-order valence-electron chi connectivity index (χ2n) is 7.31. The van der Waals surface area contributed by atoms with Gasteiger partial charge in [-0.25, -0.2) is 13.4 Å². The van der Waals surface area contributed by atoms with Crippen LogP contribution < -0.4 is 5.32 Å². The monoisotopic (exact) mass is 399 g/mol. The topological polar surface area (TPSA) is 81.8 Å². The van der Waals surface area contributed by atoms with E-state index >= 15 is 0 Å². The number of nitrogens with zero attached hydrogens (tertiary/aromatic N) is 4. The normalized spacial score (nSPS) is 18.5. The van der Waals surface area contributed by atoms with Crippen LogP contribution in [-0.4, -0.2) is 51.8 Å². The Labute approximate surface area is 165 Å². The van der Waals surface area contributed by atoms with Gasteiger partial charge in [0.15, 0.2) is 9.84 Å². The van der Waals surface area contributed by atoms with E-state index in [1.807, 2.05) is 41.6 Å². The number of rotatable bonds is 7. The Bertz CT molecular complexity index is 1040. The van der Waals surface area contributed by atoms with Crippen molar-refractivity contribution in [1.82, 2.24) is 24.6 Å². The third kappa shape index (κ3) is 4.18. The van der Waals surface area contributed by atoms with E-state index in [0.717, 1.165) is 30.0 Å². The van der Waals surface area contributed by atoms with Crippen LogP contribution in [0.25, 0.3) is 11.3 Å². The molecule has 1 aromatic carbocycles. The molecule has 1 atom stereocenters. The van der Waals surface area contributed by atoms with Crippen molar-refractivity contribution in [1.29, 1.82) is 0 Å². The lowest BCUT2D eigenvalue weighted by Crippen LogP contribution is -2.32. The number of nitrogens with one attached hydrogen (secondary N) is 1. The molecule has 148 valence electrons. The van der Waals surface area contributed by atoms with E-state index in [-0.39, 0.29) is 11.8 Å². The maximum Gasteiger partial charge on any atom is 0.151 e. The van der Waals surface area contributed by atoms with Gasteiger partial charge in [-0.15, -0.1) is 0 Å². The zero-order valence-corrected chi connectivity index (χ0v) is 16.8. The van der Waals surface area contributed by atoms with E-state index in [0.29, 0.717) is 18.7 Å². The molecule has 0 aliphatic carbocycles. The van der Waals surface area contributed by atoms with Crippen molar-refractivity contribution in [3.05, 3.63) is 60.3 Å². The molecule has 8 heteroatoms. The molecule has 1 fully saturated rings. The molecule has 7 nitrogen and oxygen atoms in total. The van der Waals surface area contributed by atoms with Crippen molar-refractivity contribution in [2.45, 2.75) is 32.5 Å². The smallest absolute Gasteiger partial charge is 0.151 e. The van der Waals surface area contributed by atoms with E-state index in [2.05, 4.69) is 39.0 Å². The molecule has 3 aromatic rings. The molecule has 1 aliphatic heterocycles.